The molecular weight excluding hydrogens is 903 g/mol. The van der Waals surface area contributed by atoms with Crippen LogP contribution in [0.25, 0.3) is 33.4 Å². The van der Waals surface area contributed by atoms with Crippen LogP contribution in [0.2, 0.25) is 0 Å². The minimum absolute atomic E-state index is 0.0165. The van der Waals surface area contributed by atoms with E-state index in [-0.39, 0.29) is 60.6 Å². The van der Waals surface area contributed by atoms with Gasteiger partial charge in [0.15, 0.2) is 18.2 Å². The Balaban J connectivity index is 1.06. The van der Waals surface area contributed by atoms with Gasteiger partial charge in [-0.05, 0) is 86.5 Å². The molecule has 3 N–H and O–H groups in total. The zero-order valence-corrected chi connectivity index (χ0v) is 41.9. The van der Waals surface area contributed by atoms with Crippen molar-refractivity contribution in [1.82, 2.24) is 20.1 Å². The van der Waals surface area contributed by atoms with Gasteiger partial charge in [-0.2, -0.15) is 0 Å². The lowest BCUT2D eigenvalue weighted by Crippen LogP contribution is -2.47. The lowest BCUT2D eigenvalue weighted by atomic mass is 9.81. The average Bonchev–Trinajstić information content (AvgIpc) is 3.36. The molecule has 1 saturated carbocycles. The van der Waals surface area contributed by atoms with Crippen molar-refractivity contribution >= 4 is 52.0 Å². The number of fused-ring (bicyclic) bond motifs is 2. The number of carboxylic acid groups (broad SMARTS) is 1. The van der Waals surface area contributed by atoms with Gasteiger partial charge in [0.25, 0.3) is 0 Å². The molecule has 1 saturated heterocycles. The number of morpholine rings is 1. The predicted octanol–water partition coefficient (Wildman–Crippen LogP) is 6.92. The summed E-state index contributed by atoms with van der Waals surface area (Å²) in [6.07, 6.45) is 6.29. The van der Waals surface area contributed by atoms with E-state index in [1.807, 2.05) is 80.1 Å². The molecule has 376 valence electrons. The zero-order valence-electron chi connectivity index (χ0n) is 41.9. The molecule has 0 spiro atoms. The Kier molecular flexibility index (Phi) is 17.6. The molecule has 7 rings (SSSR count). The van der Waals surface area contributed by atoms with Gasteiger partial charge in [0.1, 0.15) is 25.4 Å². The Bertz CT molecular complexity index is 2800. The van der Waals surface area contributed by atoms with Crippen molar-refractivity contribution < 1.29 is 47.8 Å². The molecule has 4 aliphatic rings. The Morgan fingerprint density at radius 1 is 0.887 bits per heavy atom. The summed E-state index contributed by atoms with van der Waals surface area (Å²) in [6, 6.07) is 20.7. The monoisotopic (exact) mass is 970 g/mol. The molecule has 2 heterocycles. The number of amides is 2. The molecule has 2 fully saturated rings. The van der Waals surface area contributed by atoms with Crippen molar-refractivity contribution in [1.29, 1.82) is 0 Å². The van der Waals surface area contributed by atoms with Crippen LogP contribution in [0.1, 0.15) is 100.0 Å². The number of carbonyl (C=O) groups is 6. The first-order valence-corrected chi connectivity index (χ1v) is 24.8. The molecule has 15 heteroatoms. The minimum Gasteiger partial charge on any atom is -0.478 e. The van der Waals surface area contributed by atoms with E-state index in [4.69, 9.17) is 13.9 Å². The van der Waals surface area contributed by atoms with E-state index >= 15 is 0 Å². The van der Waals surface area contributed by atoms with E-state index in [9.17, 15) is 33.9 Å². The van der Waals surface area contributed by atoms with Crippen LogP contribution in [0.3, 0.4) is 0 Å². The zero-order chi connectivity index (χ0) is 50.8. The molecule has 2 amide bonds. The van der Waals surface area contributed by atoms with E-state index < -0.39 is 36.3 Å². The number of aryl methyl sites for hydroxylation is 2. The molecule has 2 aliphatic carbocycles. The van der Waals surface area contributed by atoms with Gasteiger partial charge >= 0.3 is 11.9 Å². The summed E-state index contributed by atoms with van der Waals surface area (Å²) in [5.41, 5.74) is 5.30. The second-order valence-electron chi connectivity index (χ2n) is 19.4. The molecule has 2 atom stereocenters. The number of hydrogen-bond donors (Lipinski definition) is 3. The predicted molar refractivity (Wildman–Crippen MR) is 273 cm³/mol. The van der Waals surface area contributed by atoms with Crippen molar-refractivity contribution in [3.63, 3.8) is 0 Å². The molecule has 0 aromatic heterocycles. The molecule has 71 heavy (non-hydrogen) atoms. The van der Waals surface area contributed by atoms with Gasteiger partial charge < -0.3 is 39.4 Å². The number of esters is 1. The number of Topliss-reactive ketones (excluding diaryl/α,β-unsaturated/α-hetero) is 2. The van der Waals surface area contributed by atoms with Crippen molar-refractivity contribution in [2.24, 2.45) is 11.8 Å². The summed E-state index contributed by atoms with van der Waals surface area (Å²) < 4.78 is 19.4. The van der Waals surface area contributed by atoms with Gasteiger partial charge in [0.05, 0.1) is 43.0 Å². The van der Waals surface area contributed by atoms with Gasteiger partial charge in [-0.3, -0.25) is 19.2 Å². The van der Waals surface area contributed by atoms with Gasteiger partial charge in [-0.15, -0.1) is 0 Å². The highest BCUT2D eigenvalue weighted by molar-refractivity contribution is 6.09. The van der Waals surface area contributed by atoms with Crippen LogP contribution in [-0.2, 0) is 23.9 Å². The van der Waals surface area contributed by atoms with Gasteiger partial charge in [-0.25, -0.2) is 14.2 Å². The second-order valence-corrected chi connectivity index (χ2v) is 19.4. The van der Waals surface area contributed by atoms with Crippen LogP contribution in [0.4, 0.5) is 5.69 Å². The maximum atomic E-state index is 14.3. The Labute approximate surface area is 415 Å². The van der Waals surface area contributed by atoms with Crippen LogP contribution in [0, 0.1) is 25.7 Å². The maximum absolute atomic E-state index is 14.3. The topological polar surface area (TPSA) is 188 Å². The minimum atomic E-state index is -1.19. The number of aromatic carboxylic acids is 1. The summed E-state index contributed by atoms with van der Waals surface area (Å²) >= 11 is 0. The summed E-state index contributed by atoms with van der Waals surface area (Å²) in [6.45, 7) is 4.97. The summed E-state index contributed by atoms with van der Waals surface area (Å²) in [5, 5.41) is 18.3. The standard InChI is InChI=1S/C56H67N5O10/c1-35-12-10-13-36(2)52(35)56(68)70-34-48(63)46(58-54(65)39(28-37-14-8-7-9-15-37)30-51(64)61-24-26-69-27-25-61)16-11-23-57-33-47(62)38-17-20-42(45(29-38)55(66)67)53-43-21-18-40(59(3)4)31-49(43)71-50-32-41(60(5)6)19-22-44(50)53/h10,12-13,17-22,29,31-32,37,39,46,57H,7-9,11,14-16,23-28,30,33-34H2,1-6H3,(H-,58,65,66,67)/p+1/t39-,46+/m1/s1. The lowest BCUT2D eigenvalue weighted by molar-refractivity contribution is -0.140. The molecule has 2 aliphatic heterocycles. The normalized spacial score (nSPS) is 15.0. The lowest BCUT2D eigenvalue weighted by Gasteiger charge is -2.31. The number of rotatable bonds is 20. The number of ketones is 2. The fourth-order valence-electron chi connectivity index (χ4n) is 9.87. The third-order valence-electron chi connectivity index (χ3n) is 13.9. The fraction of sp³-hybridized carbons (Fsp3) is 0.446. The SMILES string of the molecule is Cc1cccc(C)c1C(=O)OCC(=O)[C@H](CCCNCC(=O)c1ccc(-c2c3ccc(=[N+](C)C)cc-3oc3cc(N(C)C)ccc23)c(C(=O)O)c1)NC(=O)[C@@H](CC(=O)N1CCOCC1)CC1CCCCC1. The summed E-state index contributed by atoms with van der Waals surface area (Å²) in [5.74, 6) is -2.95. The first-order chi connectivity index (χ1) is 34.1. The third-order valence-corrected chi connectivity index (χ3v) is 13.9. The highest BCUT2D eigenvalue weighted by Gasteiger charge is 2.32. The van der Waals surface area contributed by atoms with Crippen LogP contribution in [0.5, 0.6) is 0 Å². The van der Waals surface area contributed by atoms with Gasteiger partial charge in [0.2, 0.25) is 17.2 Å². The van der Waals surface area contributed by atoms with Gasteiger partial charge in [0, 0.05) is 79.4 Å². The highest BCUT2D eigenvalue weighted by atomic mass is 16.5. The van der Waals surface area contributed by atoms with E-state index in [2.05, 4.69) is 10.6 Å². The van der Waals surface area contributed by atoms with Crippen molar-refractivity contribution in [2.45, 2.75) is 77.7 Å². The Morgan fingerprint density at radius 2 is 1.61 bits per heavy atom. The number of carboxylic acids is 1. The number of carbonyl (C=O) groups excluding carboxylic acids is 5. The van der Waals surface area contributed by atoms with Crippen molar-refractivity contribution in [3.05, 3.63) is 106 Å². The maximum Gasteiger partial charge on any atom is 0.339 e. The molecule has 3 aromatic carbocycles. The Hall–Kier alpha value is -6.71. The first-order valence-electron chi connectivity index (χ1n) is 24.8. The average molecular weight is 971 g/mol. The van der Waals surface area contributed by atoms with Crippen molar-refractivity contribution in [3.8, 4) is 22.5 Å². The first kappa shape index (κ1) is 52.1. The van der Waals surface area contributed by atoms with Crippen LogP contribution in [0.15, 0.2) is 77.2 Å². The van der Waals surface area contributed by atoms with Crippen LogP contribution >= 0.6 is 0 Å². The summed E-state index contributed by atoms with van der Waals surface area (Å²) in [7, 11) is 7.73. The fourth-order valence-corrected chi connectivity index (χ4v) is 9.87. The number of anilines is 1. The molecular formula is C56H68N5O10+. The quantitative estimate of drug-likeness (QED) is 0.0241. The van der Waals surface area contributed by atoms with E-state index in [1.54, 1.807) is 43.0 Å². The number of benzene rings is 4. The molecule has 0 unspecified atom stereocenters. The van der Waals surface area contributed by atoms with Gasteiger partial charge in [-0.1, -0.05) is 62.4 Å². The highest BCUT2D eigenvalue weighted by Crippen LogP contribution is 2.42. The van der Waals surface area contributed by atoms with E-state index in [1.165, 1.54) is 6.07 Å². The number of nitrogens with zero attached hydrogens (tertiary/aromatic N) is 3. The molecule has 0 radical (unpaired) electrons. The number of nitrogens with one attached hydrogen (secondary N) is 2. The smallest absolute Gasteiger partial charge is 0.339 e. The van der Waals surface area contributed by atoms with E-state index in [0.717, 1.165) is 54.1 Å². The number of hydrogen-bond acceptors (Lipinski definition) is 11. The van der Waals surface area contributed by atoms with Crippen molar-refractivity contribution in [2.75, 3.05) is 79.1 Å². The Morgan fingerprint density at radius 3 is 2.30 bits per heavy atom. The molecule has 0 bridgehead atoms. The second kappa shape index (κ2) is 23.9. The molecule has 3 aromatic rings. The van der Waals surface area contributed by atoms with Crippen LogP contribution in [-0.4, -0.2) is 126 Å². The largest absolute Gasteiger partial charge is 0.478 e. The third kappa shape index (κ3) is 13.0. The molecule has 15 nitrogen and oxygen atoms in total. The van der Waals surface area contributed by atoms with E-state index in [0.29, 0.717) is 78.3 Å². The summed E-state index contributed by atoms with van der Waals surface area (Å²) in [4.78, 5) is 85.4. The number of ether oxygens (including phenoxy) is 2. The van der Waals surface area contributed by atoms with Crippen LogP contribution < -0.4 is 25.5 Å².